The highest BCUT2D eigenvalue weighted by Crippen LogP contribution is 2.23. The molecule has 0 fully saturated rings. The third-order valence-corrected chi connectivity index (χ3v) is 3.94. The number of nitrogens with one attached hydrogen (secondary N) is 1. The van der Waals surface area contributed by atoms with Gasteiger partial charge in [0.2, 0.25) is 0 Å². The van der Waals surface area contributed by atoms with Gasteiger partial charge < -0.3 is 14.8 Å². The number of nitrogens with zero attached hydrogens (tertiary/aromatic N) is 3. The number of hydrogen-bond donors (Lipinski definition) is 2. The van der Waals surface area contributed by atoms with Gasteiger partial charge in [-0.25, -0.2) is 4.98 Å². The maximum atomic E-state index is 12.6. The molecule has 0 saturated heterocycles. The predicted molar refractivity (Wildman–Crippen MR) is 88.6 cm³/mol. The number of rotatable bonds is 4. The molecule has 0 aliphatic rings. The van der Waals surface area contributed by atoms with Crippen LogP contribution in [0.25, 0.3) is 11.0 Å². The number of furan rings is 1. The topological polar surface area (TPSA) is 93.2 Å². The van der Waals surface area contributed by atoms with Crippen LogP contribution in [0.2, 0.25) is 0 Å². The molecular formula is C17H20N4O3. The minimum atomic E-state index is -1.29. The van der Waals surface area contributed by atoms with Crippen LogP contribution in [0.15, 0.2) is 28.8 Å². The van der Waals surface area contributed by atoms with Gasteiger partial charge >= 0.3 is 0 Å². The summed E-state index contributed by atoms with van der Waals surface area (Å²) in [5, 5.41) is 18.1. The number of aryl methyl sites for hydroxylation is 3. The van der Waals surface area contributed by atoms with Crippen molar-refractivity contribution in [3.05, 3.63) is 47.2 Å². The summed E-state index contributed by atoms with van der Waals surface area (Å²) >= 11 is 0. The molecule has 3 heterocycles. The summed E-state index contributed by atoms with van der Waals surface area (Å²) in [6.07, 6.45) is 1.62. The van der Waals surface area contributed by atoms with Gasteiger partial charge in [-0.2, -0.15) is 5.10 Å². The number of aromatic nitrogens is 3. The Morgan fingerprint density at radius 1 is 1.42 bits per heavy atom. The Kier molecular flexibility index (Phi) is 3.88. The lowest BCUT2D eigenvalue weighted by molar-refractivity contribution is 0.0323. The van der Waals surface area contributed by atoms with Gasteiger partial charge in [0.15, 0.2) is 5.65 Å². The summed E-state index contributed by atoms with van der Waals surface area (Å²) in [6.45, 7) is 5.26. The Hall–Kier alpha value is -2.67. The normalized spacial score (nSPS) is 13.9. The fourth-order valence-corrected chi connectivity index (χ4v) is 2.59. The van der Waals surface area contributed by atoms with Crippen LogP contribution < -0.4 is 5.32 Å². The van der Waals surface area contributed by atoms with Crippen LogP contribution in [0.3, 0.4) is 0 Å². The Morgan fingerprint density at radius 3 is 2.83 bits per heavy atom. The summed E-state index contributed by atoms with van der Waals surface area (Å²) in [7, 11) is 1.78. The number of fused-ring (bicyclic) bond motifs is 1. The lowest BCUT2D eigenvalue weighted by atomic mass is 10.0. The number of hydrogen-bond acceptors (Lipinski definition) is 5. The third-order valence-electron chi connectivity index (χ3n) is 3.94. The fraction of sp³-hybridized carbons (Fsp3) is 0.353. The summed E-state index contributed by atoms with van der Waals surface area (Å²) in [4.78, 5) is 17.0. The van der Waals surface area contributed by atoms with E-state index < -0.39 is 5.60 Å². The average molecular weight is 328 g/mol. The van der Waals surface area contributed by atoms with Crippen molar-refractivity contribution in [2.75, 3.05) is 6.54 Å². The van der Waals surface area contributed by atoms with Gasteiger partial charge in [0.25, 0.3) is 5.91 Å². The van der Waals surface area contributed by atoms with Crippen molar-refractivity contribution in [2.24, 2.45) is 7.05 Å². The highest BCUT2D eigenvalue weighted by molar-refractivity contribution is 6.05. The van der Waals surface area contributed by atoms with Crippen molar-refractivity contribution >= 4 is 16.9 Å². The lowest BCUT2D eigenvalue weighted by Gasteiger charge is -2.21. The van der Waals surface area contributed by atoms with Gasteiger partial charge in [0, 0.05) is 12.7 Å². The molecule has 0 aliphatic carbocycles. The minimum Gasteiger partial charge on any atom is -0.463 e. The zero-order chi connectivity index (χ0) is 17.5. The van der Waals surface area contributed by atoms with Gasteiger partial charge in [-0.3, -0.25) is 9.48 Å². The molecule has 0 aliphatic heterocycles. The van der Waals surface area contributed by atoms with Crippen molar-refractivity contribution in [2.45, 2.75) is 26.4 Å². The minimum absolute atomic E-state index is 0.0297. The van der Waals surface area contributed by atoms with Crippen LogP contribution in [0.5, 0.6) is 0 Å². The first-order valence-electron chi connectivity index (χ1n) is 7.65. The molecule has 3 aromatic heterocycles. The van der Waals surface area contributed by atoms with Gasteiger partial charge in [-0.05, 0) is 39.0 Å². The second-order valence-electron chi connectivity index (χ2n) is 6.18. The maximum absolute atomic E-state index is 12.6. The maximum Gasteiger partial charge on any atom is 0.252 e. The van der Waals surface area contributed by atoms with E-state index in [1.807, 2.05) is 6.92 Å². The quantitative estimate of drug-likeness (QED) is 0.762. The van der Waals surface area contributed by atoms with Gasteiger partial charge in [-0.15, -0.1) is 0 Å². The molecule has 1 amide bonds. The SMILES string of the molecule is Cc1cc(C(=O)NCC(C)(O)c2ccc(C)o2)c2cnn(C)c2n1. The molecule has 3 rings (SSSR count). The molecule has 7 heteroatoms. The van der Waals surface area contributed by atoms with E-state index in [0.717, 1.165) is 5.69 Å². The zero-order valence-corrected chi connectivity index (χ0v) is 14.1. The second kappa shape index (κ2) is 5.76. The van der Waals surface area contributed by atoms with Gasteiger partial charge in [0.05, 0.1) is 23.7 Å². The van der Waals surface area contributed by atoms with E-state index in [1.165, 1.54) is 0 Å². The molecule has 0 spiro atoms. The van der Waals surface area contributed by atoms with Crippen LogP contribution >= 0.6 is 0 Å². The first-order chi connectivity index (χ1) is 11.3. The van der Waals surface area contributed by atoms with E-state index in [2.05, 4.69) is 15.4 Å². The molecule has 1 unspecified atom stereocenters. The second-order valence-corrected chi connectivity index (χ2v) is 6.18. The molecule has 24 heavy (non-hydrogen) atoms. The van der Waals surface area contributed by atoms with E-state index in [0.29, 0.717) is 28.1 Å². The third kappa shape index (κ3) is 2.90. The monoisotopic (exact) mass is 328 g/mol. The molecule has 7 nitrogen and oxygen atoms in total. The van der Waals surface area contributed by atoms with E-state index >= 15 is 0 Å². The summed E-state index contributed by atoms with van der Waals surface area (Å²) in [5.41, 5.74) is 0.565. The number of aliphatic hydroxyl groups is 1. The number of pyridine rings is 1. The van der Waals surface area contributed by atoms with Crippen LogP contribution in [0.1, 0.15) is 34.5 Å². The molecule has 3 aromatic rings. The average Bonchev–Trinajstić information content (AvgIpc) is 3.12. The Bertz CT molecular complexity index is 908. The molecular weight excluding hydrogens is 308 g/mol. The predicted octanol–water partition coefficient (Wildman–Crippen LogP) is 1.82. The van der Waals surface area contributed by atoms with Crippen molar-refractivity contribution in [1.82, 2.24) is 20.1 Å². The zero-order valence-electron chi connectivity index (χ0n) is 14.1. The largest absolute Gasteiger partial charge is 0.463 e. The summed E-state index contributed by atoms with van der Waals surface area (Å²) in [6, 6.07) is 5.19. The molecule has 0 radical (unpaired) electrons. The first kappa shape index (κ1) is 16.2. The van der Waals surface area contributed by atoms with Crippen LogP contribution in [-0.2, 0) is 12.6 Å². The molecule has 2 N–H and O–H groups in total. The van der Waals surface area contributed by atoms with E-state index in [-0.39, 0.29) is 12.5 Å². The Balaban J connectivity index is 1.83. The van der Waals surface area contributed by atoms with Crippen molar-refractivity contribution in [1.29, 1.82) is 0 Å². The number of carbonyl (C=O) groups is 1. The van der Waals surface area contributed by atoms with Crippen LogP contribution in [0, 0.1) is 13.8 Å². The molecule has 0 bridgehead atoms. The fourth-order valence-electron chi connectivity index (χ4n) is 2.59. The van der Waals surface area contributed by atoms with Crippen molar-refractivity contribution in [3.8, 4) is 0 Å². The molecule has 1 atom stereocenters. The first-order valence-corrected chi connectivity index (χ1v) is 7.65. The van der Waals surface area contributed by atoms with Crippen molar-refractivity contribution < 1.29 is 14.3 Å². The van der Waals surface area contributed by atoms with Crippen LogP contribution in [-0.4, -0.2) is 32.3 Å². The highest BCUT2D eigenvalue weighted by Gasteiger charge is 2.28. The lowest BCUT2D eigenvalue weighted by Crippen LogP contribution is -2.38. The van der Waals surface area contributed by atoms with Gasteiger partial charge in [-0.1, -0.05) is 0 Å². The molecule has 0 aromatic carbocycles. The molecule has 126 valence electrons. The van der Waals surface area contributed by atoms with Crippen LogP contribution in [0.4, 0.5) is 0 Å². The van der Waals surface area contributed by atoms with E-state index in [4.69, 9.17) is 4.42 Å². The summed E-state index contributed by atoms with van der Waals surface area (Å²) in [5.74, 6) is 0.832. The Labute approximate surface area is 139 Å². The standard InChI is InChI=1S/C17H20N4O3/c1-10-7-12(13-8-19-21(4)15(13)20-10)16(22)18-9-17(3,23)14-6-5-11(2)24-14/h5-8,23H,9H2,1-4H3,(H,18,22). The van der Waals surface area contributed by atoms with E-state index in [9.17, 15) is 9.90 Å². The number of carbonyl (C=O) groups excluding carboxylic acids is 1. The number of amides is 1. The molecule has 0 saturated carbocycles. The highest BCUT2D eigenvalue weighted by atomic mass is 16.4. The summed E-state index contributed by atoms with van der Waals surface area (Å²) < 4.78 is 7.08. The smallest absolute Gasteiger partial charge is 0.252 e. The van der Waals surface area contributed by atoms with E-state index in [1.54, 1.807) is 50.0 Å². The van der Waals surface area contributed by atoms with Gasteiger partial charge in [0.1, 0.15) is 17.1 Å². The Morgan fingerprint density at radius 2 is 2.17 bits per heavy atom. The van der Waals surface area contributed by atoms with Crippen molar-refractivity contribution in [3.63, 3.8) is 0 Å².